The van der Waals surface area contributed by atoms with Crippen molar-refractivity contribution in [3.05, 3.63) is 103 Å². The predicted octanol–water partition coefficient (Wildman–Crippen LogP) is 4.29. The highest BCUT2D eigenvalue weighted by atomic mass is 17.0. The van der Waals surface area contributed by atoms with Crippen molar-refractivity contribution < 1.29 is 14.1 Å². The molecule has 0 radical (unpaired) electrons. The fourth-order valence-corrected chi connectivity index (χ4v) is 2.35. The van der Waals surface area contributed by atoms with Crippen LogP contribution in [-0.4, -0.2) is 26.2 Å². The lowest BCUT2D eigenvalue weighted by Gasteiger charge is -1.97. The minimum atomic E-state index is -0.647. The Morgan fingerprint density at radius 2 is 1.23 bits per heavy atom. The molecule has 2 aromatic heterocycles. The van der Waals surface area contributed by atoms with E-state index in [1.165, 1.54) is 18.5 Å². The topological polar surface area (TPSA) is 124 Å². The lowest BCUT2D eigenvalue weighted by atomic mass is 10.2. The van der Waals surface area contributed by atoms with Gasteiger partial charge in [-0.3, -0.25) is 9.37 Å². The summed E-state index contributed by atoms with van der Waals surface area (Å²) in [6.07, 6.45) is 2.52. The Hall–Kier alpha value is -4.46. The number of carbonyl (C=O) groups is 1. The van der Waals surface area contributed by atoms with Crippen molar-refractivity contribution in [1.82, 2.24) is 20.3 Å². The molecule has 0 saturated heterocycles. The molecule has 0 atom stereocenters. The van der Waals surface area contributed by atoms with E-state index in [0.717, 1.165) is 11.0 Å². The van der Waals surface area contributed by atoms with Gasteiger partial charge >= 0.3 is 0 Å². The average molecular weight is 401 g/mol. The number of aromatic amines is 1. The molecule has 0 spiro atoms. The molecule has 0 aliphatic carbocycles. The first-order valence-electron chi connectivity index (χ1n) is 8.96. The molecule has 1 amide bonds. The third-order valence-electron chi connectivity index (χ3n) is 3.73. The molecular weight excluding hydrogens is 382 g/mol. The van der Waals surface area contributed by atoms with E-state index in [-0.39, 0.29) is 5.56 Å². The Morgan fingerprint density at radius 1 is 0.733 bits per heavy atom. The van der Waals surface area contributed by atoms with Crippen LogP contribution in [0.25, 0.3) is 22.1 Å². The number of fused-ring (bicyclic) bond motifs is 2. The van der Waals surface area contributed by atoms with Crippen LogP contribution in [0.15, 0.2) is 107 Å². The molecule has 8 nitrogen and oxygen atoms in total. The van der Waals surface area contributed by atoms with Gasteiger partial charge in [0.2, 0.25) is 5.91 Å². The average Bonchev–Trinajstić information content (AvgIpc) is 2.75. The predicted molar refractivity (Wildman–Crippen MR) is 113 cm³/mol. The molecule has 0 bridgehead atoms. The normalized spacial score (nSPS) is 9.60. The second kappa shape index (κ2) is 10.8. The number of nitrogens with two attached hydrogens (primary N) is 1. The van der Waals surface area contributed by atoms with Crippen LogP contribution in [0.1, 0.15) is 10.4 Å². The van der Waals surface area contributed by atoms with E-state index in [0.29, 0.717) is 11.0 Å². The molecule has 1 aromatic carbocycles. The summed E-state index contributed by atoms with van der Waals surface area (Å²) in [7, 11) is 0. The standard InChI is InChI=1S/C22H19N5O3/c23-22(28)17-10-5-6-12-19-18(25-20-13-7-8-14-21(20)26-19)11-4-2-1-3-9-15-29-30-27-24-16-17/h1-16,27H,(H2,23,28). The Labute approximate surface area is 171 Å². The Balaban J connectivity index is 2.24. The van der Waals surface area contributed by atoms with Crippen LogP contribution >= 0.6 is 0 Å². The van der Waals surface area contributed by atoms with Crippen LogP contribution < -0.4 is 5.73 Å². The number of benzene rings is 1. The van der Waals surface area contributed by atoms with E-state index < -0.39 is 5.91 Å². The van der Waals surface area contributed by atoms with Gasteiger partial charge in [-0.05, 0) is 36.4 Å². The van der Waals surface area contributed by atoms with Gasteiger partial charge in [0, 0.05) is 0 Å². The molecule has 3 rings (SSSR count). The van der Waals surface area contributed by atoms with Gasteiger partial charge in [-0.2, -0.15) is 4.68 Å². The molecule has 30 heavy (non-hydrogen) atoms. The maximum absolute atomic E-state index is 11.5. The summed E-state index contributed by atoms with van der Waals surface area (Å²) in [5.41, 5.74) is 8.48. The lowest BCUT2D eigenvalue weighted by Crippen LogP contribution is -2.10. The van der Waals surface area contributed by atoms with E-state index in [2.05, 4.69) is 25.0 Å². The Bertz CT molecular complexity index is 1260. The summed E-state index contributed by atoms with van der Waals surface area (Å²) < 4.78 is 9.31. The van der Waals surface area contributed by atoms with Gasteiger partial charge in [0.05, 0.1) is 33.8 Å². The molecular formula is C22H19N5O3. The number of hydrogen-bond acceptors (Lipinski definition) is 6. The molecule has 0 saturated carbocycles. The zero-order valence-electron chi connectivity index (χ0n) is 15.9. The van der Waals surface area contributed by atoms with Crippen LogP contribution in [0, 0.1) is 0 Å². The SMILES string of the molecule is NC(=O)c1ccccc2nc3ccccc3nc2cccccccoo[nH]nc1. The number of nitrogens with one attached hydrogen (secondary N) is 1. The van der Waals surface area contributed by atoms with Crippen molar-refractivity contribution in [3.63, 3.8) is 0 Å². The zero-order chi connectivity index (χ0) is 21.0. The monoisotopic (exact) mass is 401 g/mol. The number of H-pyrrole nitrogens is 1. The highest BCUT2D eigenvalue weighted by molar-refractivity contribution is 5.92. The second-order valence-electron chi connectivity index (χ2n) is 5.81. The highest BCUT2D eigenvalue weighted by Gasteiger charge is 1.97. The molecule has 0 fully saturated rings. The number of primary amides is 1. The first kappa shape index (κ1) is 20.3. The van der Waals surface area contributed by atoms with E-state index >= 15 is 0 Å². The number of carbonyl (C=O) groups excluding carboxylic acids is 1. The molecule has 2 heterocycles. The van der Waals surface area contributed by atoms with Crippen LogP contribution in [0.3, 0.4) is 0 Å². The van der Waals surface area contributed by atoms with Gasteiger partial charge in [0.25, 0.3) is 0 Å². The van der Waals surface area contributed by atoms with Crippen LogP contribution in [0.2, 0.25) is 0 Å². The Morgan fingerprint density at radius 3 is 1.83 bits per heavy atom. The molecule has 150 valence electrons. The van der Waals surface area contributed by atoms with Gasteiger partial charge < -0.3 is 5.73 Å². The lowest BCUT2D eigenvalue weighted by molar-refractivity contribution is -0.0207. The summed E-state index contributed by atoms with van der Waals surface area (Å²) in [4.78, 5) is 20.9. The molecule has 0 unspecified atom stereocenters. The van der Waals surface area contributed by atoms with Gasteiger partial charge in [-0.1, -0.05) is 53.8 Å². The molecule has 3 N–H and O–H groups in total. The largest absolute Gasteiger partial charge is 0.366 e. The van der Waals surface area contributed by atoms with Gasteiger partial charge in [-0.25, -0.2) is 9.97 Å². The fourth-order valence-electron chi connectivity index (χ4n) is 2.35. The van der Waals surface area contributed by atoms with Gasteiger partial charge in [0.15, 0.2) is 0 Å². The maximum Gasteiger partial charge on any atom is 0.250 e. The Kier molecular flexibility index (Phi) is 7.28. The summed E-state index contributed by atoms with van der Waals surface area (Å²) in [6.45, 7) is 0. The van der Waals surface area contributed by atoms with Crippen LogP contribution in [0.5, 0.6) is 0 Å². The van der Waals surface area contributed by atoms with Crippen molar-refractivity contribution >= 4 is 28.0 Å². The van der Waals surface area contributed by atoms with Crippen LogP contribution in [0.4, 0.5) is 0 Å². The number of rotatable bonds is 1. The van der Waals surface area contributed by atoms with E-state index in [9.17, 15) is 4.79 Å². The van der Waals surface area contributed by atoms with Gasteiger partial charge in [0.1, 0.15) is 6.26 Å². The van der Waals surface area contributed by atoms with Crippen molar-refractivity contribution in [3.8, 4) is 0 Å². The van der Waals surface area contributed by atoms with Crippen molar-refractivity contribution in [1.29, 1.82) is 0 Å². The molecule has 3 aromatic rings. The molecule has 8 heteroatoms. The minimum Gasteiger partial charge on any atom is -0.366 e. The quantitative estimate of drug-likeness (QED) is 0.586. The minimum absolute atomic E-state index is 0.159. The number of hydrogen-bond donors (Lipinski definition) is 2. The van der Waals surface area contributed by atoms with E-state index in [1.807, 2.05) is 48.5 Å². The van der Waals surface area contributed by atoms with E-state index in [1.54, 1.807) is 30.3 Å². The summed E-state index contributed by atoms with van der Waals surface area (Å²) >= 11 is 0. The second-order valence-corrected chi connectivity index (χ2v) is 5.81. The highest BCUT2D eigenvalue weighted by Crippen LogP contribution is 2.13. The molecule has 0 aliphatic rings. The summed E-state index contributed by atoms with van der Waals surface area (Å²) in [5, 5.41) is 5.86. The van der Waals surface area contributed by atoms with Crippen LogP contribution in [-0.2, 0) is 0 Å². The first-order valence-corrected chi connectivity index (χ1v) is 8.96. The molecule has 0 aliphatic heterocycles. The van der Waals surface area contributed by atoms with Crippen molar-refractivity contribution in [2.75, 3.05) is 0 Å². The van der Waals surface area contributed by atoms with E-state index in [4.69, 9.17) is 10.3 Å². The first-order chi connectivity index (χ1) is 14.7. The maximum atomic E-state index is 11.5. The van der Waals surface area contributed by atoms with Crippen molar-refractivity contribution in [2.24, 2.45) is 5.73 Å². The third-order valence-corrected chi connectivity index (χ3v) is 3.73. The third kappa shape index (κ3) is 6.03. The zero-order valence-corrected chi connectivity index (χ0v) is 15.9. The fraction of sp³-hybridized carbons (Fsp3) is 0. The number of amides is 1. The number of para-hydroxylation sites is 2. The van der Waals surface area contributed by atoms with Gasteiger partial charge in [-0.15, -0.1) is 5.10 Å². The van der Waals surface area contributed by atoms with Crippen molar-refractivity contribution in [2.45, 2.75) is 0 Å². The smallest absolute Gasteiger partial charge is 0.250 e. The summed E-state index contributed by atoms with van der Waals surface area (Å²) in [5.74, 6) is -0.647. The number of nitrogens with zero attached hydrogens (tertiary/aromatic N) is 3. The summed E-state index contributed by atoms with van der Waals surface area (Å²) in [6, 6.07) is 25.1. The number of aromatic nitrogens is 4.